The lowest BCUT2D eigenvalue weighted by molar-refractivity contribution is 0.00235. The summed E-state index contributed by atoms with van der Waals surface area (Å²) >= 11 is 0. The number of nitrogens with one attached hydrogen (secondary N) is 1. The highest BCUT2D eigenvalue weighted by atomic mass is 16.5. The lowest BCUT2D eigenvalue weighted by Crippen LogP contribution is -2.54. The average Bonchev–Trinajstić information content (AvgIpc) is 3.35. The molecule has 4 rings (SSSR count). The molecule has 0 spiro atoms. The van der Waals surface area contributed by atoms with E-state index in [1.807, 2.05) is 7.05 Å². The Balaban J connectivity index is 1.36. The Hall–Kier alpha value is -0.850. The van der Waals surface area contributed by atoms with Crippen LogP contribution in [0.5, 0.6) is 0 Å². The van der Waals surface area contributed by atoms with Crippen LogP contribution in [-0.2, 0) is 9.47 Å². The first-order valence-electron chi connectivity index (χ1n) is 10.7. The number of rotatable bonds is 4. The molecule has 26 heavy (non-hydrogen) atoms. The number of likely N-dealkylation sites (tertiary alicyclic amines) is 1. The Labute approximate surface area is 158 Å². The summed E-state index contributed by atoms with van der Waals surface area (Å²) in [6.07, 6.45) is 6.84. The fourth-order valence-electron chi connectivity index (χ4n) is 5.47. The van der Waals surface area contributed by atoms with Crippen LogP contribution in [0.3, 0.4) is 0 Å². The number of nitrogens with zero attached hydrogens (tertiary/aromatic N) is 3. The predicted molar refractivity (Wildman–Crippen MR) is 103 cm³/mol. The Kier molecular flexibility index (Phi) is 6.33. The molecule has 3 heterocycles. The quantitative estimate of drug-likeness (QED) is 0.604. The number of ether oxygens (including phenoxy) is 2. The van der Waals surface area contributed by atoms with E-state index in [1.54, 1.807) is 0 Å². The van der Waals surface area contributed by atoms with Gasteiger partial charge in [0.2, 0.25) is 0 Å². The monoisotopic (exact) mass is 364 g/mol. The van der Waals surface area contributed by atoms with Gasteiger partial charge in [-0.05, 0) is 31.1 Å². The molecule has 0 aromatic rings. The molecule has 0 aromatic heterocycles. The molecule has 6 heteroatoms. The van der Waals surface area contributed by atoms with Gasteiger partial charge < -0.3 is 19.7 Å². The van der Waals surface area contributed by atoms with Crippen LogP contribution in [0, 0.1) is 17.8 Å². The molecule has 3 aliphatic heterocycles. The zero-order chi connectivity index (χ0) is 17.8. The molecular weight excluding hydrogens is 328 g/mol. The van der Waals surface area contributed by atoms with Gasteiger partial charge in [0.15, 0.2) is 5.96 Å². The van der Waals surface area contributed by atoms with Crippen molar-refractivity contribution in [1.82, 2.24) is 15.1 Å². The number of hydrogen-bond acceptors (Lipinski definition) is 4. The van der Waals surface area contributed by atoms with E-state index in [4.69, 9.17) is 9.47 Å². The minimum absolute atomic E-state index is 0.517. The molecule has 1 saturated carbocycles. The first-order valence-corrected chi connectivity index (χ1v) is 10.7. The third-order valence-corrected chi connectivity index (χ3v) is 6.98. The molecule has 1 N–H and O–H groups in total. The molecule has 3 saturated heterocycles. The maximum Gasteiger partial charge on any atom is 0.193 e. The van der Waals surface area contributed by atoms with E-state index >= 15 is 0 Å². The number of guanidine groups is 1. The molecule has 1 aliphatic carbocycles. The summed E-state index contributed by atoms with van der Waals surface area (Å²) < 4.78 is 11.3. The number of aliphatic imine (C=N–C) groups is 1. The van der Waals surface area contributed by atoms with E-state index in [0.29, 0.717) is 12.0 Å². The number of fused-ring (bicyclic) bond motifs is 1. The Morgan fingerprint density at radius 3 is 2.38 bits per heavy atom. The maximum absolute atomic E-state index is 5.70. The fraction of sp³-hybridized carbons (Fsp3) is 0.950. The van der Waals surface area contributed by atoms with Gasteiger partial charge in [0.1, 0.15) is 0 Å². The Bertz CT molecular complexity index is 460. The molecule has 6 nitrogen and oxygen atoms in total. The first kappa shape index (κ1) is 18.5. The van der Waals surface area contributed by atoms with Crippen LogP contribution in [0.15, 0.2) is 4.99 Å². The van der Waals surface area contributed by atoms with Crippen molar-refractivity contribution in [3.63, 3.8) is 0 Å². The van der Waals surface area contributed by atoms with Gasteiger partial charge in [-0.3, -0.25) is 9.89 Å². The van der Waals surface area contributed by atoms with Crippen LogP contribution in [0.2, 0.25) is 0 Å². The molecule has 4 unspecified atom stereocenters. The number of hydrogen-bond donors (Lipinski definition) is 1. The molecular formula is C20H36N4O2. The molecule has 4 fully saturated rings. The second-order valence-electron chi connectivity index (χ2n) is 8.48. The second-order valence-corrected chi connectivity index (χ2v) is 8.48. The number of morpholine rings is 1. The van der Waals surface area contributed by atoms with Gasteiger partial charge >= 0.3 is 0 Å². The summed E-state index contributed by atoms with van der Waals surface area (Å²) in [5.41, 5.74) is 0. The van der Waals surface area contributed by atoms with E-state index in [1.165, 1.54) is 45.2 Å². The summed E-state index contributed by atoms with van der Waals surface area (Å²) in [5, 5.41) is 3.73. The SMILES string of the molecule is CN=C(NCC(C1CCOC1)N1CCOCC1)N1CC2CCCCC2C1. The Morgan fingerprint density at radius 2 is 1.77 bits per heavy atom. The van der Waals surface area contributed by atoms with E-state index in [0.717, 1.165) is 63.9 Å². The molecule has 0 amide bonds. The van der Waals surface area contributed by atoms with E-state index < -0.39 is 0 Å². The van der Waals surface area contributed by atoms with E-state index in [9.17, 15) is 0 Å². The summed E-state index contributed by atoms with van der Waals surface area (Å²) in [5.74, 6) is 3.51. The highest BCUT2D eigenvalue weighted by Crippen LogP contribution is 2.36. The zero-order valence-electron chi connectivity index (χ0n) is 16.4. The fourth-order valence-corrected chi connectivity index (χ4v) is 5.47. The lowest BCUT2D eigenvalue weighted by atomic mass is 9.82. The van der Waals surface area contributed by atoms with Gasteiger partial charge in [-0.1, -0.05) is 12.8 Å². The smallest absolute Gasteiger partial charge is 0.193 e. The summed E-state index contributed by atoms with van der Waals surface area (Å²) in [7, 11) is 1.94. The van der Waals surface area contributed by atoms with Gasteiger partial charge in [-0.2, -0.15) is 0 Å². The largest absolute Gasteiger partial charge is 0.381 e. The highest BCUT2D eigenvalue weighted by molar-refractivity contribution is 5.80. The summed E-state index contributed by atoms with van der Waals surface area (Å²) in [6, 6.07) is 0.517. The van der Waals surface area contributed by atoms with E-state index in [2.05, 4.69) is 20.1 Å². The second kappa shape index (κ2) is 8.89. The minimum Gasteiger partial charge on any atom is -0.381 e. The topological polar surface area (TPSA) is 49.3 Å². The van der Waals surface area contributed by atoms with Crippen molar-refractivity contribution < 1.29 is 9.47 Å². The summed E-state index contributed by atoms with van der Waals surface area (Å²) in [4.78, 5) is 9.75. The van der Waals surface area contributed by atoms with Gasteiger partial charge in [0, 0.05) is 58.3 Å². The van der Waals surface area contributed by atoms with Crippen LogP contribution in [0.4, 0.5) is 0 Å². The van der Waals surface area contributed by atoms with E-state index in [-0.39, 0.29) is 0 Å². The van der Waals surface area contributed by atoms with Crippen molar-refractivity contribution in [2.75, 3.05) is 66.2 Å². The van der Waals surface area contributed by atoms with Crippen molar-refractivity contribution in [2.45, 2.75) is 38.1 Å². The lowest BCUT2D eigenvalue weighted by Gasteiger charge is -2.38. The van der Waals surface area contributed by atoms with Crippen LogP contribution in [-0.4, -0.2) is 88.0 Å². The molecule has 148 valence electrons. The van der Waals surface area contributed by atoms with Crippen LogP contribution >= 0.6 is 0 Å². The standard InChI is InChI=1S/C20H36N4O2/c1-21-20(24-13-16-4-2-3-5-17(16)14-24)22-12-19(18-6-9-26-15-18)23-7-10-25-11-8-23/h16-19H,2-15H2,1H3,(H,21,22). The van der Waals surface area contributed by atoms with Crippen LogP contribution in [0.25, 0.3) is 0 Å². The maximum atomic E-state index is 5.70. The van der Waals surface area contributed by atoms with Gasteiger partial charge in [0.05, 0.1) is 19.8 Å². The first-order chi connectivity index (χ1) is 12.8. The van der Waals surface area contributed by atoms with Crippen LogP contribution in [0.1, 0.15) is 32.1 Å². The summed E-state index contributed by atoms with van der Waals surface area (Å²) in [6.45, 7) is 8.95. The van der Waals surface area contributed by atoms with Gasteiger partial charge in [0.25, 0.3) is 0 Å². The molecule has 0 aromatic carbocycles. The third-order valence-electron chi connectivity index (χ3n) is 6.98. The van der Waals surface area contributed by atoms with Crippen molar-refractivity contribution in [3.8, 4) is 0 Å². The average molecular weight is 365 g/mol. The molecule has 4 aliphatic rings. The highest BCUT2D eigenvalue weighted by Gasteiger charge is 2.36. The van der Waals surface area contributed by atoms with Crippen molar-refractivity contribution in [2.24, 2.45) is 22.7 Å². The molecule has 0 radical (unpaired) electrons. The predicted octanol–water partition coefficient (Wildman–Crippen LogP) is 1.42. The zero-order valence-corrected chi connectivity index (χ0v) is 16.4. The van der Waals surface area contributed by atoms with Crippen molar-refractivity contribution in [1.29, 1.82) is 0 Å². The van der Waals surface area contributed by atoms with Crippen LogP contribution < -0.4 is 5.32 Å². The Morgan fingerprint density at radius 1 is 1.04 bits per heavy atom. The van der Waals surface area contributed by atoms with Gasteiger partial charge in [-0.25, -0.2) is 0 Å². The molecule has 4 atom stereocenters. The van der Waals surface area contributed by atoms with Crippen molar-refractivity contribution >= 4 is 5.96 Å². The molecule has 0 bridgehead atoms. The minimum atomic E-state index is 0.517. The van der Waals surface area contributed by atoms with Gasteiger partial charge in [-0.15, -0.1) is 0 Å². The normalized spacial score (nSPS) is 34.7. The third kappa shape index (κ3) is 4.18. The van der Waals surface area contributed by atoms with Crippen molar-refractivity contribution in [3.05, 3.63) is 0 Å².